The van der Waals surface area contributed by atoms with Crippen molar-refractivity contribution in [1.29, 1.82) is 0 Å². The van der Waals surface area contributed by atoms with Crippen molar-refractivity contribution >= 4 is 22.9 Å². The zero-order valence-electron chi connectivity index (χ0n) is 18.7. The van der Waals surface area contributed by atoms with Crippen molar-refractivity contribution in [1.82, 2.24) is 19.1 Å². The predicted octanol–water partition coefficient (Wildman–Crippen LogP) is 2.50. The normalized spacial score (nSPS) is 11.0. The summed E-state index contributed by atoms with van der Waals surface area (Å²) in [5, 5.41) is 0. The van der Waals surface area contributed by atoms with Crippen LogP contribution in [0.4, 0.5) is 0 Å². The van der Waals surface area contributed by atoms with Crippen LogP contribution in [0.1, 0.15) is 37.8 Å². The molecule has 0 aliphatic rings. The fraction of sp³-hybridized carbons (Fsp3) is 0.208. The summed E-state index contributed by atoms with van der Waals surface area (Å²) in [4.78, 5) is 47.5. The smallest absolute Gasteiger partial charge is 0.335 e. The number of nitrogens with two attached hydrogens (primary N) is 1. The van der Waals surface area contributed by atoms with Gasteiger partial charge in [-0.15, -0.1) is 0 Å². The molecule has 0 bridgehead atoms. The Balaban J connectivity index is 1.98. The van der Waals surface area contributed by atoms with Gasteiger partial charge in [-0.2, -0.15) is 0 Å². The number of ketones is 1. The quantitative estimate of drug-likeness (QED) is 0.455. The maximum absolute atomic E-state index is 13.6. The molecule has 0 radical (unpaired) electrons. The Hall–Kier alpha value is -4.27. The van der Waals surface area contributed by atoms with E-state index in [0.717, 1.165) is 11.1 Å². The fourth-order valence-electron chi connectivity index (χ4n) is 3.71. The molecule has 1 amide bonds. The number of nitrogens with zero attached hydrogens (tertiary/aromatic N) is 4. The molecule has 0 spiro atoms. The lowest BCUT2D eigenvalue weighted by Crippen LogP contribution is -2.27. The minimum absolute atomic E-state index is 0.109. The lowest BCUT2D eigenvalue weighted by Gasteiger charge is -2.07. The molecule has 0 saturated heterocycles. The SMILES string of the molecule is COc1cccc(-n2c(=O)n(CC(=O)c3ccc(C)c(C)c3)c3c(C(N)=O)nc(C)nc32)c1. The highest BCUT2D eigenvalue weighted by molar-refractivity contribution is 6.03. The van der Waals surface area contributed by atoms with Gasteiger partial charge in [0.1, 0.15) is 17.1 Å². The summed E-state index contributed by atoms with van der Waals surface area (Å²) in [6.45, 7) is 5.16. The van der Waals surface area contributed by atoms with Gasteiger partial charge in [0.05, 0.1) is 19.3 Å². The molecule has 0 fully saturated rings. The number of amides is 1. The first kappa shape index (κ1) is 21.9. The van der Waals surface area contributed by atoms with E-state index in [2.05, 4.69) is 9.97 Å². The Bertz CT molecular complexity index is 1480. The van der Waals surface area contributed by atoms with Crippen LogP contribution in [-0.4, -0.2) is 37.9 Å². The number of primary amides is 1. The molecule has 168 valence electrons. The van der Waals surface area contributed by atoms with Gasteiger partial charge in [-0.25, -0.2) is 19.3 Å². The van der Waals surface area contributed by atoms with Crippen molar-refractivity contribution in [3.63, 3.8) is 0 Å². The van der Waals surface area contributed by atoms with Gasteiger partial charge in [0.2, 0.25) is 0 Å². The molecule has 9 nitrogen and oxygen atoms in total. The summed E-state index contributed by atoms with van der Waals surface area (Å²) in [6.07, 6.45) is 0. The van der Waals surface area contributed by atoms with Crippen LogP contribution < -0.4 is 16.2 Å². The van der Waals surface area contributed by atoms with E-state index in [1.807, 2.05) is 19.9 Å². The van der Waals surface area contributed by atoms with Crippen molar-refractivity contribution in [2.75, 3.05) is 7.11 Å². The van der Waals surface area contributed by atoms with Crippen molar-refractivity contribution < 1.29 is 14.3 Å². The van der Waals surface area contributed by atoms with Crippen molar-refractivity contribution in [2.45, 2.75) is 27.3 Å². The largest absolute Gasteiger partial charge is 0.497 e. The highest BCUT2D eigenvalue weighted by Gasteiger charge is 2.25. The van der Waals surface area contributed by atoms with Crippen LogP contribution in [0.25, 0.3) is 16.9 Å². The van der Waals surface area contributed by atoms with Gasteiger partial charge in [-0.05, 0) is 50.1 Å². The van der Waals surface area contributed by atoms with Crippen LogP contribution in [0, 0.1) is 20.8 Å². The second-order valence-electron chi connectivity index (χ2n) is 7.78. The van der Waals surface area contributed by atoms with Crippen LogP contribution in [0.15, 0.2) is 47.3 Å². The average molecular weight is 445 g/mol. The molecule has 2 heterocycles. The second kappa shape index (κ2) is 8.34. The molecule has 9 heteroatoms. The number of aryl methyl sites for hydroxylation is 3. The molecule has 2 N–H and O–H groups in total. The molecule has 4 rings (SSSR count). The van der Waals surface area contributed by atoms with Gasteiger partial charge in [-0.1, -0.05) is 18.2 Å². The van der Waals surface area contributed by atoms with Crippen molar-refractivity contribution in [2.24, 2.45) is 5.73 Å². The van der Waals surface area contributed by atoms with Crippen LogP contribution in [0.2, 0.25) is 0 Å². The minimum Gasteiger partial charge on any atom is -0.497 e. The standard InChI is InChI=1S/C24H23N5O4/c1-13-8-9-16(10-14(13)2)19(30)12-28-21-20(22(25)31)26-15(3)27-23(21)29(24(28)32)17-6-5-7-18(11-17)33-4/h5-11H,12H2,1-4H3,(H2,25,31). The molecule has 0 saturated carbocycles. The first-order chi connectivity index (χ1) is 15.7. The van der Waals surface area contributed by atoms with E-state index in [1.54, 1.807) is 43.3 Å². The van der Waals surface area contributed by atoms with Gasteiger partial charge in [0.25, 0.3) is 5.91 Å². The maximum Gasteiger partial charge on any atom is 0.335 e. The lowest BCUT2D eigenvalue weighted by molar-refractivity contribution is 0.0966. The zero-order valence-corrected chi connectivity index (χ0v) is 18.7. The number of methoxy groups -OCH3 is 1. The number of Topliss-reactive ketones (excluding diaryl/α,β-unsaturated/α-hetero) is 1. The summed E-state index contributed by atoms with van der Waals surface area (Å²) in [6, 6.07) is 12.2. The zero-order chi connectivity index (χ0) is 23.9. The fourth-order valence-corrected chi connectivity index (χ4v) is 3.71. The monoisotopic (exact) mass is 445 g/mol. The number of rotatable bonds is 6. The summed E-state index contributed by atoms with van der Waals surface area (Å²) >= 11 is 0. The van der Waals surface area contributed by atoms with Crippen molar-refractivity contribution in [3.05, 3.63) is 81.2 Å². The van der Waals surface area contributed by atoms with E-state index in [4.69, 9.17) is 10.5 Å². The number of aromatic nitrogens is 4. The number of carbonyl (C=O) groups is 2. The van der Waals surface area contributed by atoms with Crippen LogP contribution >= 0.6 is 0 Å². The van der Waals surface area contributed by atoms with E-state index in [1.165, 1.54) is 16.2 Å². The number of imidazole rings is 1. The topological polar surface area (TPSA) is 122 Å². The van der Waals surface area contributed by atoms with Crippen LogP contribution in [-0.2, 0) is 6.54 Å². The van der Waals surface area contributed by atoms with Crippen LogP contribution in [0.5, 0.6) is 5.75 Å². The first-order valence-corrected chi connectivity index (χ1v) is 10.3. The Labute approximate surface area is 189 Å². The molecule has 0 aliphatic carbocycles. The maximum atomic E-state index is 13.6. The summed E-state index contributed by atoms with van der Waals surface area (Å²) in [5.74, 6) is -0.306. The third-order valence-electron chi connectivity index (χ3n) is 5.56. The van der Waals surface area contributed by atoms with E-state index in [-0.39, 0.29) is 35.0 Å². The minimum atomic E-state index is -0.819. The number of carbonyl (C=O) groups excluding carboxylic acids is 2. The lowest BCUT2D eigenvalue weighted by atomic mass is 10.0. The number of hydrogen-bond acceptors (Lipinski definition) is 6. The third-order valence-corrected chi connectivity index (χ3v) is 5.56. The number of ether oxygens (including phenoxy) is 1. The average Bonchev–Trinajstić information content (AvgIpc) is 3.05. The van der Waals surface area contributed by atoms with Crippen molar-refractivity contribution in [3.8, 4) is 11.4 Å². The molecule has 4 aromatic rings. The second-order valence-corrected chi connectivity index (χ2v) is 7.78. The van der Waals surface area contributed by atoms with E-state index >= 15 is 0 Å². The molecule has 33 heavy (non-hydrogen) atoms. The summed E-state index contributed by atoms with van der Waals surface area (Å²) < 4.78 is 7.81. The molecule has 2 aromatic carbocycles. The highest BCUT2D eigenvalue weighted by Crippen LogP contribution is 2.22. The molecular weight excluding hydrogens is 422 g/mol. The molecule has 0 aliphatic heterocycles. The molecule has 2 aromatic heterocycles. The Morgan fingerprint density at radius 1 is 1.03 bits per heavy atom. The number of benzene rings is 2. The van der Waals surface area contributed by atoms with Crippen LogP contribution in [0.3, 0.4) is 0 Å². The number of fused-ring (bicyclic) bond motifs is 1. The Morgan fingerprint density at radius 3 is 2.45 bits per heavy atom. The van der Waals surface area contributed by atoms with Gasteiger partial charge < -0.3 is 10.5 Å². The van der Waals surface area contributed by atoms with E-state index in [9.17, 15) is 14.4 Å². The summed E-state index contributed by atoms with van der Waals surface area (Å²) in [7, 11) is 1.52. The molecular formula is C24H23N5O4. The molecule has 0 atom stereocenters. The van der Waals surface area contributed by atoms with Gasteiger partial charge in [0, 0.05) is 11.6 Å². The number of hydrogen-bond donors (Lipinski definition) is 1. The van der Waals surface area contributed by atoms with E-state index in [0.29, 0.717) is 17.0 Å². The van der Waals surface area contributed by atoms with Gasteiger partial charge >= 0.3 is 5.69 Å². The van der Waals surface area contributed by atoms with Gasteiger partial charge in [0.15, 0.2) is 17.1 Å². The molecule has 0 unspecified atom stereocenters. The third kappa shape index (κ3) is 3.89. The highest BCUT2D eigenvalue weighted by atomic mass is 16.5. The Kier molecular flexibility index (Phi) is 5.55. The summed E-state index contributed by atoms with van der Waals surface area (Å²) in [5.41, 5.74) is 8.15. The van der Waals surface area contributed by atoms with Gasteiger partial charge in [-0.3, -0.25) is 14.2 Å². The first-order valence-electron chi connectivity index (χ1n) is 10.3. The predicted molar refractivity (Wildman–Crippen MR) is 123 cm³/mol. The van der Waals surface area contributed by atoms with E-state index < -0.39 is 11.6 Å². The Morgan fingerprint density at radius 2 is 1.79 bits per heavy atom.